The van der Waals surface area contributed by atoms with Crippen LogP contribution < -0.4 is 0 Å². The first-order valence-corrected chi connectivity index (χ1v) is 13.3. The average Bonchev–Trinajstić information content (AvgIpc) is 2.96. The Morgan fingerprint density at radius 3 is 1.73 bits per heavy atom. The van der Waals surface area contributed by atoms with Crippen LogP contribution >= 0.6 is 0 Å². The monoisotopic (exact) mass is 549 g/mol. The van der Waals surface area contributed by atoms with Crippen molar-refractivity contribution in [3.05, 3.63) is 108 Å². The molecule has 8 nitrogen and oxygen atoms in total. The maximum atomic E-state index is 12.1. The fourth-order valence-corrected chi connectivity index (χ4v) is 4.45. The molecule has 1 heterocycles. The van der Waals surface area contributed by atoms with Crippen LogP contribution in [0.1, 0.15) is 31.9 Å². The van der Waals surface area contributed by atoms with E-state index >= 15 is 0 Å². The van der Waals surface area contributed by atoms with Gasteiger partial charge in [0, 0.05) is 13.8 Å². The largest absolute Gasteiger partial charge is 0.465 e. The van der Waals surface area contributed by atoms with Crippen LogP contribution in [0.25, 0.3) is 0 Å². The van der Waals surface area contributed by atoms with Crippen LogP contribution in [0, 0.1) is 5.92 Å². The first kappa shape index (κ1) is 28.0. The van der Waals surface area contributed by atoms with Crippen molar-refractivity contribution in [3.8, 4) is 0 Å². The third-order valence-electron chi connectivity index (χ3n) is 6.35. The predicted octanol–water partition coefficient (Wildman–Crippen LogP) is 4.84. The van der Waals surface area contributed by atoms with Crippen molar-refractivity contribution in [1.82, 2.24) is 0 Å². The molecular formula is C32H36O8. The number of carbonyl (C=O) groups is 2. The first-order valence-electron chi connectivity index (χ1n) is 13.8. The molecule has 212 valence electrons. The SMILES string of the molecule is [2H]C(OC(C)=O)[C@H]1[C@H](OCc2ccccc2)[C@@H](OCc2ccccc2)C(OC(C)=O)O[C@@H]1COCc1ccccc1. The number of benzene rings is 3. The molecule has 0 radical (unpaired) electrons. The van der Waals surface area contributed by atoms with Gasteiger partial charge >= 0.3 is 11.9 Å². The van der Waals surface area contributed by atoms with Crippen molar-refractivity contribution in [2.24, 2.45) is 5.92 Å². The molecule has 0 aromatic heterocycles. The molecule has 40 heavy (non-hydrogen) atoms. The molecule has 1 saturated heterocycles. The molecule has 0 amide bonds. The van der Waals surface area contributed by atoms with Gasteiger partial charge in [-0.25, -0.2) is 0 Å². The Labute approximate surface area is 236 Å². The fraction of sp³-hybridized carbons (Fsp3) is 0.375. The molecule has 2 unspecified atom stereocenters. The van der Waals surface area contributed by atoms with Crippen LogP contribution in [0.4, 0.5) is 0 Å². The van der Waals surface area contributed by atoms with Gasteiger partial charge in [-0.3, -0.25) is 9.59 Å². The molecule has 1 aliphatic heterocycles. The number of ether oxygens (including phenoxy) is 6. The van der Waals surface area contributed by atoms with Gasteiger partial charge in [0.15, 0.2) is 0 Å². The van der Waals surface area contributed by atoms with Crippen LogP contribution in [-0.4, -0.2) is 49.7 Å². The molecule has 0 bridgehead atoms. The molecule has 8 heteroatoms. The molecule has 4 rings (SSSR count). The molecule has 6 atom stereocenters. The van der Waals surface area contributed by atoms with E-state index in [1.165, 1.54) is 13.8 Å². The Kier molecular flexibility index (Phi) is 10.7. The van der Waals surface area contributed by atoms with Gasteiger partial charge in [-0.05, 0) is 16.7 Å². The van der Waals surface area contributed by atoms with Crippen LogP contribution in [0.2, 0.25) is 0 Å². The minimum absolute atomic E-state index is 0.0323. The number of hydrogen-bond donors (Lipinski definition) is 0. The molecule has 3 aromatic rings. The maximum absolute atomic E-state index is 12.1. The summed E-state index contributed by atoms with van der Waals surface area (Å²) in [5.41, 5.74) is 2.75. The van der Waals surface area contributed by atoms with Gasteiger partial charge in [0.05, 0.1) is 52.5 Å². The lowest BCUT2D eigenvalue weighted by molar-refractivity contribution is -0.305. The number of carbonyl (C=O) groups excluding carboxylic acids is 2. The summed E-state index contributed by atoms with van der Waals surface area (Å²) in [5, 5.41) is 0. The highest BCUT2D eigenvalue weighted by molar-refractivity contribution is 5.66. The summed E-state index contributed by atoms with van der Waals surface area (Å²) in [7, 11) is 0. The topological polar surface area (TPSA) is 89.5 Å². The summed E-state index contributed by atoms with van der Waals surface area (Å²) in [5.74, 6) is -2.00. The second kappa shape index (κ2) is 15.3. The van der Waals surface area contributed by atoms with Crippen molar-refractivity contribution in [1.29, 1.82) is 0 Å². The highest BCUT2D eigenvalue weighted by atomic mass is 16.7. The zero-order chi connectivity index (χ0) is 29.0. The van der Waals surface area contributed by atoms with Gasteiger partial charge in [0.2, 0.25) is 6.29 Å². The lowest BCUT2D eigenvalue weighted by Crippen LogP contribution is -2.59. The summed E-state index contributed by atoms with van der Waals surface area (Å²) in [4.78, 5) is 24.1. The van der Waals surface area contributed by atoms with E-state index in [1.807, 2.05) is 91.0 Å². The molecule has 0 N–H and O–H groups in total. The van der Waals surface area contributed by atoms with E-state index < -0.39 is 49.0 Å². The quantitative estimate of drug-likeness (QED) is 0.280. The van der Waals surface area contributed by atoms with Crippen LogP contribution in [0.3, 0.4) is 0 Å². The zero-order valence-electron chi connectivity index (χ0n) is 23.7. The fourth-order valence-electron chi connectivity index (χ4n) is 4.45. The van der Waals surface area contributed by atoms with E-state index in [2.05, 4.69) is 0 Å². The van der Waals surface area contributed by atoms with Crippen LogP contribution in [0.5, 0.6) is 0 Å². The van der Waals surface area contributed by atoms with Crippen molar-refractivity contribution < 1.29 is 39.4 Å². The molecule has 0 spiro atoms. The van der Waals surface area contributed by atoms with Crippen molar-refractivity contribution in [2.45, 2.75) is 58.3 Å². The van der Waals surface area contributed by atoms with Gasteiger partial charge < -0.3 is 28.4 Å². The average molecular weight is 550 g/mol. The Balaban J connectivity index is 1.64. The Bertz CT molecular complexity index is 1210. The van der Waals surface area contributed by atoms with E-state index in [9.17, 15) is 9.59 Å². The van der Waals surface area contributed by atoms with Gasteiger partial charge in [-0.15, -0.1) is 0 Å². The molecule has 3 aromatic carbocycles. The summed E-state index contributed by atoms with van der Waals surface area (Å²) >= 11 is 0. The zero-order valence-corrected chi connectivity index (χ0v) is 22.7. The third-order valence-corrected chi connectivity index (χ3v) is 6.35. The van der Waals surface area contributed by atoms with Crippen molar-refractivity contribution in [2.75, 3.05) is 13.2 Å². The standard InChI is InChI=1S/C32H36O8/c1-23(33)36-21-28-29(22-35-18-25-12-6-3-7-13-25)40-32(39-24(2)34)31(38-20-27-16-10-5-11-17-27)30(28)37-19-26-14-8-4-9-15-26/h3-17,28-32H,18-22H2,1-2H3/t28-,29-,30+,31-,32?/m1/s1/i21D/t21?,28-,29-,30+,31-,32?. The Hall–Kier alpha value is -3.56. The first-order chi connectivity index (χ1) is 19.9. The van der Waals surface area contributed by atoms with Gasteiger partial charge in [0.25, 0.3) is 0 Å². The summed E-state index contributed by atoms with van der Waals surface area (Å²) in [6.07, 6.45) is -3.75. The summed E-state index contributed by atoms with van der Waals surface area (Å²) < 4.78 is 44.7. The maximum Gasteiger partial charge on any atom is 0.305 e. The number of esters is 2. The van der Waals surface area contributed by atoms with Gasteiger partial charge in [-0.2, -0.15) is 0 Å². The smallest absolute Gasteiger partial charge is 0.305 e. The second-order valence-electron chi connectivity index (χ2n) is 9.50. The van der Waals surface area contributed by atoms with E-state index in [4.69, 9.17) is 29.8 Å². The van der Waals surface area contributed by atoms with Crippen LogP contribution in [-0.2, 0) is 57.8 Å². The van der Waals surface area contributed by atoms with Crippen molar-refractivity contribution >= 4 is 11.9 Å². The number of hydrogen-bond acceptors (Lipinski definition) is 8. The van der Waals surface area contributed by atoms with Gasteiger partial charge in [-0.1, -0.05) is 91.0 Å². The lowest BCUT2D eigenvalue weighted by Gasteiger charge is -2.45. The highest BCUT2D eigenvalue weighted by Gasteiger charge is 2.49. The number of rotatable bonds is 13. The summed E-state index contributed by atoms with van der Waals surface area (Å²) in [6, 6.07) is 28.7. The molecular weight excluding hydrogens is 512 g/mol. The minimum Gasteiger partial charge on any atom is -0.465 e. The third kappa shape index (κ3) is 8.99. The molecule has 0 saturated carbocycles. The minimum atomic E-state index is -1.36. The molecule has 1 aliphatic rings. The summed E-state index contributed by atoms with van der Waals surface area (Å²) in [6.45, 7) is 1.86. The predicted molar refractivity (Wildman–Crippen MR) is 147 cm³/mol. The highest BCUT2D eigenvalue weighted by Crippen LogP contribution is 2.33. The second-order valence-corrected chi connectivity index (χ2v) is 9.50. The van der Waals surface area contributed by atoms with Gasteiger partial charge in [0.1, 0.15) is 6.10 Å². The Morgan fingerprint density at radius 1 is 0.725 bits per heavy atom. The van der Waals surface area contributed by atoms with E-state index in [-0.39, 0.29) is 19.8 Å². The van der Waals surface area contributed by atoms with E-state index in [0.29, 0.717) is 6.61 Å². The lowest BCUT2D eigenvalue weighted by atomic mass is 9.89. The van der Waals surface area contributed by atoms with E-state index in [0.717, 1.165) is 16.7 Å². The van der Waals surface area contributed by atoms with E-state index in [1.54, 1.807) is 0 Å². The molecule has 0 aliphatic carbocycles. The van der Waals surface area contributed by atoms with Crippen molar-refractivity contribution in [3.63, 3.8) is 0 Å². The Morgan fingerprint density at radius 2 is 1.23 bits per heavy atom. The van der Waals surface area contributed by atoms with Crippen LogP contribution in [0.15, 0.2) is 91.0 Å². The molecule has 1 fully saturated rings. The normalized spacial score (nSPS) is 23.6.